The predicted octanol–water partition coefficient (Wildman–Crippen LogP) is 3.72. The van der Waals surface area contributed by atoms with Gasteiger partial charge < -0.3 is 9.84 Å². The SMILES string of the molecule is CCOP1(=O)N=C(C2C(=O)c3ccccc3C(C)(C)C2=O)Nc2ccccc21. The molecule has 0 fully saturated rings. The molecule has 1 aliphatic carbocycles. The van der Waals surface area contributed by atoms with Gasteiger partial charge in [0, 0.05) is 5.56 Å². The van der Waals surface area contributed by atoms with E-state index in [1.165, 1.54) is 0 Å². The number of anilines is 1. The molecule has 2 aliphatic rings. The first-order chi connectivity index (χ1) is 13.3. The van der Waals surface area contributed by atoms with Gasteiger partial charge >= 0.3 is 7.52 Å². The van der Waals surface area contributed by atoms with Crippen molar-refractivity contribution in [1.29, 1.82) is 0 Å². The van der Waals surface area contributed by atoms with Crippen LogP contribution in [0.4, 0.5) is 5.69 Å². The van der Waals surface area contributed by atoms with Crippen molar-refractivity contribution < 1.29 is 18.7 Å². The van der Waals surface area contributed by atoms with Crippen molar-refractivity contribution in [1.82, 2.24) is 0 Å². The highest BCUT2D eigenvalue weighted by Gasteiger charge is 2.50. The van der Waals surface area contributed by atoms with Gasteiger partial charge in [0.05, 0.1) is 23.0 Å². The second-order valence-corrected chi connectivity index (χ2v) is 9.38. The van der Waals surface area contributed by atoms with E-state index in [-0.39, 0.29) is 24.0 Å². The number of rotatable bonds is 3. The quantitative estimate of drug-likeness (QED) is 0.631. The lowest BCUT2D eigenvalue weighted by Gasteiger charge is -2.36. The topological polar surface area (TPSA) is 84.8 Å². The number of carbonyl (C=O) groups excluding carboxylic acids is 2. The van der Waals surface area contributed by atoms with Crippen molar-refractivity contribution in [2.75, 3.05) is 11.9 Å². The number of Topliss-reactive ketones (excluding diaryl/α,β-unsaturated/α-hetero) is 2. The van der Waals surface area contributed by atoms with E-state index in [9.17, 15) is 14.2 Å². The number of nitrogens with one attached hydrogen (secondary N) is 1. The van der Waals surface area contributed by atoms with Crippen LogP contribution >= 0.6 is 7.52 Å². The van der Waals surface area contributed by atoms with Crippen LogP contribution in [0.15, 0.2) is 53.3 Å². The van der Waals surface area contributed by atoms with Crippen LogP contribution in [0.25, 0.3) is 0 Å². The number of carbonyl (C=O) groups is 2. The van der Waals surface area contributed by atoms with E-state index in [0.717, 1.165) is 0 Å². The van der Waals surface area contributed by atoms with Crippen LogP contribution in [0.2, 0.25) is 0 Å². The smallest absolute Gasteiger partial charge is 0.342 e. The summed E-state index contributed by atoms with van der Waals surface area (Å²) in [5.41, 5.74) is 0.866. The number of hydrogen-bond donors (Lipinski definition) is 1. The molecule has 0 radical (unpaired) electrons. The molecule has 2 aromatic carbocycles. The van der Waals surface area contributed by atoms with Gasteiger partial charge in [-0.2, -0.15) is 4.76 Å². The number of para-hydroxylation sites is 1. The number of hydrogen-bond acceptors (Lipinski definition) is 5. The van der Waals surface area contributed by atoms with Crippen molar-refractivity contribution in [3.8, 4) is 0 Å². The molecule has 0 amide bonds. The molecule has 0 bridgehead atoms. The minimum Gasteiger partial charge on any atom is -0.342 e. The Morgan fingerprint density at radius 1 is 1.11 bits per heavy atom. The molecule has 1 N–H and O–H groups in total. The van der Waals surface area contributed by atoms with Gasteiger partial charge in [0.1, 0.15) is 11.8 Å². The molecule has 7 heteroatoms. The maximum atomic E-state index is 13.5. The first kappa shape index (κ1) is 18.8. The minimum absolute atomic E-state index is 0.0908. The molecule has 2 aromatic rings. The third kappa shape index (κ3) is 2.67. The second kappa shape index (κ2) is 6.50. The summed E-state index contributed by atoms with van der Waals surface area (Å²) in [6.45, 7) is 5.53. The predicted molar refractivity (Wildman–Crippen MR) is 109 cm³/mol. The third-order valence-corrected chi connectivity index (χ3v) is 7.38. The van der Waals surface area contributed by atoms with Crippen LogP contribution < -0.4 is 10.6 Å². The fraction of sp³-hybridized carbons (Fsp3) is 0.286. The molecule has 144 valence electrons. The summed E-state index contributed by atoms with van der Waals surface area (Å²) in [6, 6.07) is 14.1. The molecule has 0 aromatic heterocycles. The van der Waals surface area contributed by atoms with E-state index >= 15 is 0 Å². The number of fused-ring (bicyclic) bond motifs is 2. The zero-order valence-corrected chi connectivity index (χ0v) is 16.8. The standard InChI is InChI=1S/C21H21N2O4P/c1-4-27-28(26)16-12-8-7-11-15(16)22-20(23-28)17-18(24)13-9-5-6-10-14(13)21(2,3)19(17)25/h5-12,17H,4H2,1-3H3,(H,22,23,26). The van der Waals surface area contributed by atoms with E-state index in [1.807, 2.05) is 6.07 Å². The molecule has 1 heterocycles. The molecular weight excluding hydrogens is 375 g/mol. The van der Waals surface area contributed by atoms with Gasteiger partial charge in [-0.15, -0.1) is 0 Å². The number of ketones is 2. The van der Waals surface area contributed by atoms with E-state index in [2.05, 4.69) is 10.1 Å². The average molecular weight is 396 g/mol. The molecule has 0 spiro atoms. The van der Waals surface area contributed by atoms with E-state index in [1.54, 1.807) is 63.2 Å². The third-order valence-electron chi connectivity index (χ3n) is 5.29. The van der Waals surface area contributed by atoms with Crippen molar-refractivity contribution >= 4 is 35.9 Å². The molecular formula is C21H21N2O4P. The van der Waals surface area contributed by atoms with Gasteiger partial charge in [-0.05, 0) is 38.5 Å². The first-order valence-electron chi connectivity index (χ1n) is 9.19. The van der Waals surface area contributed by atoms with Gasteiger partial charge in [-0.1, -0.05) is 36.4 Å². The summed E-state index contributed by atoms with van der Waals surface area (Å²) in [7, 11) is -3.58. The highest BCUT2D eigenvalue weighted by molar-refractivity contribution is 7.66. The van der Waals surface area contributed by atoms with Gasteiger partial charge in [-0.25, -0.2) is 0 Å². The highest BCUT2D eigenvalue weighted by atomic mass is 31.2. The largest absolute Gasteiger partial charge is 0.348 e. The van der Waals surface area contributed by atoms with E-state index in [4.69, 9.17) is 4.52 Å². The van der Waals surface area contributed by atoms with Crippen LogP contribution in [0.1, 0.15) is 36.7 Å². The van der Waals surface area contributed by atoms with Crippen LogP contribution in [-0.2, 0) is 19.3 Å². The van der Waals surface area contributed by atoms with Crippen molar-refractivity contribution in [2.45, 2.75) is 26.2 Å². The molecule has 0 saturated carbocycles. The number of benzene rings is 2. The fourth-order valence-electron chi connectivity index (χ4n) is 3.85. The lowest BCUT2D eigenvalue weighted by Crippen LogP contribution is -2.50. The Kier molecular flexibility index (Phi) is 4.36. The molecule has 1 aliphatic heterocycles. The Balaban J connectivity index is 1.88. The maximum Gasteiger partial charge on any atom is 0.348 e. The van der Waals surface area contributed by atoms with Crippen LogP contribution in [0, 0.1) is 5.92 Å². The van der Waals surface area contributed by atoms with Gasteiger partial charge in [0.2, 0.25) is 0 Å². The van der Waals surface area contributed by atoms with Gasteiger partial charge in [0.15, 0.2) is 11.6 Å². The second-order valence-electron chi connectivity index (χ2n) is 7.40. The summed E-state index contributed by atoms with van der Waals surface area (Å²) >= 11 is 0. The Hall–Kier alpha value is -2.56. The molecule has 6 nitrogen and oxygen atoms in total. The molecule has 2 unspecified atom stereocenters. The molecule has 28 heavy (non-hydrogen) atoms. The summed E-state index contributed by atoms with van der Waals surface area (Å²) < 4.78 is 23.3. The first-order valence-corrected chi connectivity index (χ1v) is 10.8. The van der Waals surface area contributed by atoms with Crippen LogP contribution in [0.5, 0.6) is 0 Å². The summed E-state index contributed by atoms with van der Waals surface area (Å²) in [6.07, 6.45) is 0. The highest BCUT2D eigenvalue weighted by Crippen LogP contribution is 2.52. The maximum absolute atomic E-state index is 13.5. The summed E-state index contributed by atoms with van der Waals surface area (Å²) in [4.78, 5) is 26.6. The van der Waals surface area contributed by atoms with Gasteiger partial charge in [0.25, 0.3) is 0 Å². The van der Waals surface area contributed by atoms with Crippen molar-refractivity contribution in [3.05, 3.63) is 59.7 Å². The summed E-state index contributed by atoms with van der Waals surface area (Å²) in [5.74, 6) is -1.67. The lowest BCUT2D eigenvalue weighted by atomic mass is 9.66. The van der Waals surface area contributed by atoms with E-state index in [0.29, 0.717) is 22.1 Å². The number of nitrogens with zero attached hydrogens (tertiary/aromatic N) is 1. The zero-order chi connectivity index (χ0) is 20.1. The van der Waals surface area contributed by atoms with Crippen molar-refractivity contribution in [3.63, 3.8) is 0 Å². The Bertz CT molecular complexity index is 1070. The normalized spacial score (nSPS) is 25.4. The molecule has 4 rings (SSSR count). The minimum atomic E-state index is -3.58. The average Bonchev–Trinajstić information content (AvgIpc) is 2.67. The Morgan fingerprint density at radius 2 is 1.79 bits per heavy atom. The monoisotopic (exact) mass is 396 g/mol. The van der Waals surface area contributed by atoms with Gasteiger partial charge in [-0.3, -0.25) is 14.2 Å². The lowest BCUT2D eigenvalue weighted by molar-refractivity contribution is -0.124. The Morgan fingerprint density at radius 3 is 2.54 bits per heavy atom. The van der Waals surface area contributed by atoms with E-state index < -0.39 is 18.9 Å². The Labute approximate surface area is 163 Å². The molecule has 0 saturated heterocycles. The van der Waals surface area contributed by atoms with Crippen LogP contribution in [0.3, 0.4) is 0 Å². The fourth-order valence-corrected chi connectivity index (χ4v) is 5.66. The van der Waals surface area contributed by atoms with Crippen molar-refractivity contribution in [2.24, 2.45) is 10.7 Å². The molecule has 2 atom stereocenters. The summed E-state index contributed by atoms with van der Waals surface area (Å²) in [5, 5.41) is 3.51. The van der Waals surface area contributed by atoms with Crippen LogP contribution in [-0.4, -0.2) is 24.0 Å². The number of amidine groups is 1. The zero-order valence-electron chi connectivity index (χ0n) is 15.9.